The van der Waals surface area contributed by atoms with Crippen LogP contribution in [0.1, 0.15) is 44.9 Å². The summed E-state index contributed by atoms with van der Waals surface area (Å²) in [5.41, 5.74) is 0. The molecular weight excluding hydrogens is 688 g/mol. The molecular formula is C34H56N4O12S. The Morgan fingerprint density at radius 1 is 0.667 bits per heavy atom. The molecule has 3 heterocycles. The van der Waals surface area contributed by atoms with E-state index in [1.807, 2.05) is 11.8 Å². The lowest BCUT2D eigenvalue weighted by molar-refractivity contribution is -0.137. The van der Waals surface area contributed by atoms with Gasteiger partial charge < -0.3 is 49.1 Å². The van der Waals surface area contributed by atoms with Gasteiger partial charge in [0.15, 0.2) is 0 Å². The van der Waals surface area contributed by atoms with E-state index in [4.69, 9.17) is 33.2 Å². The molecule has 2 saturated heterocycles. The summed E-state index contributed by atoms with van der Waals surface area (Å²) >= 11 is 1.91. The summed E-state index contributed by atoms with van der Waals surface area (Å²) in [6, 6.07) is 0.424. The summed E-state index contributed by atoms with van der Waals surface area (Å²) in [7, 11) is 0. The number of hydrogen-bond acceptors (Lipinski definition) is 13. The number of thioether (sulfide) groups is 1. The van der Waals surface area contributed by atoms with Gasteiger partial charge in [0, 0.05) is 62.1 Å². The number of hydrogen-bond donors (Lipinski definition) is 3. The Balaban J connectivity index is 0.928. The van der Waals surface area contributed by atoms with Gasteiger partial charge in [-0.3, -0.25) is 24.1 Å². The Hall–Kier alpha value is -2.64. The van der Waals surface area contributed by atoms with Crippen LogP contribution in [0.2, 0.25) is 0 Å². The third-order valence-electron chi connectivity index (χ3n) is 8.14. The van der Waals surface area contributed by atoms with Crippen LogP contribution in [0.15, 0.2) is 12.2 Å². The minimum absolute atomic E-state index is 0.0502. The van der Waals surface area contributed by atoms with Crippen LogP contribution in [-0.4, -0.2) is 163 Å². The summed E-state index contributed by atoms with van der Waals surface area (Å²) in [6.07, 6.45) is 7.24. The first-order valence-corrected chi connectivity index (χ1v) is 19.0. The smallest absolute Gasteiger partial charge is 0.315 e. The fourth-order valence-corrected chi connectivity index (χ4v) is 6.99. The maximum absolute atomic E-state index is 12.1. The van der Waals surface area contributed by atoms with Crippen molar-refractivity contribution in [3.63, 3.8) is 0 Å². The van der Waals surface area contributed by atoms with Gasteiger partial charge in [-0.05, 0) is 19.3 Å². The maximum atomic E-state index is 12.1. The molecule has 17 heteroatoms. The number of fused-ring (bicyclic) bond motifs is 1. The van der Waals surface area contributed by atoms with Gasteiger partial charge in [0.1, 0.15) is 5.78 Å². The van der Waals surface area contributed by atoms with Crippen molar-refractivity contribution in [2.75, 3.05) is 111 Å². The number of rotatable bonds is 33. The highest BCUT2D eigenvalue weighted by atomic mass is 32.2. The first kappa shape index (κ1) is 42.8. The lowest BCUT2D eigenvalue weighted by atomic mass is 10.0. The van der Waals surface area contributed by atoms with Crippen LogP contribution in [0.4, 0.5) is 4.79 Å². The van der Waals surface area contributed by atoms with Crippen LogP contribution < -0.4 is 16.0 Å². The molecule has 0 aromatic rings. The van der Waals surface area contributed by atoms with Gasteiger partial charge in [0.25, 0.3) is 11.8 Å². The van der Waals surface area contributed by atoms with E-state index >= 15 is 0 Å². The fourth-order valence-electron chi connectivity index (χ4n) is 5.44. The molecule has 3 rings (SSSR count). The molecule has 3 N–H and O–H groups in total. The standard InChI is InChI=1S/C34H56N4O12S/c39-27(4-1-2-6-29-33-28(26-51-29)36-34(43)37-33)5-3-12-44-14-16-46-18-20-48-22-24-50-25-23-49-21-19-47-17-15-45-13-10-35-30(40)9-11-38-31(41)7-8-32(38)42/h7-8,28-29,33H,1-6,9-26H2,(H,35,40)(H2,36,37,43). The van der Waals surface area contributed by atoms with Crippen molar-refractivity contribution >= 4 is 41.3 Å². The third kappa shape index (κ3) is 19.1. The van der Waals surface area contributed by atoms with E-state index in [1.165, 1.54) is 12.2 Å². The number of ketones is 1. The molecule has 3 unspecified atom stereocenters. The van der Waals surface area contributed by atoms with E-state index in [1.54, 1.807) is 0 Å². The van der Waals surface area contributed by atoms with Crippen LogP contribution in [0.3, 0.4) is 0 Å². The van der Waals surface area contributed by atoms with Gasteiger partial charge in [0.2, 0.25) is 5.91 Å². The zero-order valence-electron chi connectivity index (χ0n) is 29.6. The molecule has 0 aliphatic carbocycles. The average Bonchev–Trinajstić information content (AvgIpc) is 3.78. The largest absolute Gasteiger partial charge is 0.379 e. The van der Waals surface area contributed by atoms with Crippen LogP contribution in [-0.2, 0) is 52.3 Å². The Morgan fingerprint density at radius 2 is 1.18 bits per heavy atom. The monoisotopic (exact) mass is 744 g/mol. The third-order valence-corrected chi connectivity index (χ3v) is 9.65. The number of carbonyl (C=O) groups excluding carboxylic acids is 5. The van der Waals surface area contributed by atoms with E-state index in [2.05, 4.69) is 16.0 Å². The van der Waals surface area contributed by atoms with Crippen molar-refractivity contribution in [3.05, 3.63) is 12.2 Å². The summed E-state index contributed by atoms with van der Waals surface area (Å²) in [5, 5.41) is 9.09. The van der Waals surface area contributed by atoms with Crippen LogP contribution >= 0.6 is 11.8 Å². The first-order chi connectivity index (χ1) is 24.9. The maximum Gasteiger partial charge on any atom is 0.315 e. The first-order valence-electron chi connectivity index (χ1n) is 18.0. The van der Waals surface area contributed by atoms with Crippen LogP contribution in [0.25, 0.3) is 0 Å². The molecule has 290 valence electrons. The van der Waals surface area contributed by atoms with E-state index in [0.717, 1.165) is 36.3 Å². The molecule has 3 atom stereocenters. The van der Waals surface area contributed by atoms with Gasteiger partial charge in [-0.2, -0.15) is 11.8 Å². The number of carbonyl (C=O) groups is 5. The van der Waals surface area contributed by atoms with Crippen molar-refractivity contribution in [2.24, 2.45) is 0 Å². The zero-order valence-corrected chi connectivity index (χ0v) is 30.4. The summed E-state index contributed by atoms with van der Waals surface area (Å²) < 4.78 is 38.3. The summed E-state index contributed by atoms with van der Waals surface area (Å²) in [6.45, 7) is 6.68. The zero-order chi connectivity index (χ0) is 36.4. The molecule has 0 aromatic heterocycles. The highest BCUT2D eigenvalue weighted by molar-refractivity contribution is 8.00. The highest BCUT2D eigenvalue weighted by Gasteiger charge is 2.42. The molecule has 0 radical (unpaired) electrons. The van der Waals surface area contributed by atoms with Crippen LogP contribution in [0.5, 0.6) is 0 Å². The van der Waals surface area contributed by atoms with Crippen molar-refractivity contribution in [1.29, 1.82) is 0 Å². The number of unbranched alkanes of at least 4 members (excludes halogenated alkanes) is 1. The van der Waals surface area contributed by atoms with Crippen LogP contribution in [0, 0.1) is 0 Å². The second-order valence-electron chi connectivity index (χ2n) is 12.1. The van der Waals surface area contributed by atoms with Gasteiger partial charge in [-0.15, -0.1) is 0 Å². The molecule has 0 spiro atoms. The van der Waals surface area contributed by atoms with Gasteiger partial charge >= 0.3 is 6.03 Å². The highest BCUT2D eigenvalue weighted by Crippen LogP contribution is 2.33. The van der Waals surface area contributed by atoms with Gasteiger partial charge in [-0.1, -0.05) is 6.42 Å². The summed E-state index contributed by atoms with van der Waals surface area (Å²) in [5.74, 6) is 0.195. The molecule has 5 amide bonds. The second kappa shape index (κ2) is 27.0. The van der Waals surface area contributed by atoms with Crippen molar-refractivity contribution in [2.45, 2.75) is 62.3 Å². The quantitative estimate of drug-likeness (QED) is 0.0482. The SMILES string of the molecule is O=C(CCCCC1SCC2NC(=O)NC21)CCCOCCOCCOCCOCCOCCOCCOCCNC(=O)CCN1C(=O)C=CC1=O. The van der Waals surface area contributed by atoms with E-state index in [0.29, 0.717) is 117 Å². The molecule has 3 aliphatic heterocycles. The molecule has 0 saturated carbocycles. The Kier molecular flexibility index (Phi) is 22.7. The molecule has 2 fully saturated rings. The summed E-state index contributed by atoms with van der Waals surface area (Å²) in [4.78, 5) is 59.3. The predicted molar refractivity (Wildman–Crippen MR) is 187 cm³/mol. The number of amides is 5. The van der Waals surface area contributed by atoms with Crippen molar-refractivity contribution < 1.29 is 57.1 Å². The Morgan fingerprint density at radius 3 is 1.75 bits per heavy atom. The molecule has 51 heavy (non-hydrogen) atoms. The number of ether oxygens (including phenoxy) is 7. The van der Waals surface area contributed by atoms with E-state index in [9.17, 15) is 24.0 Å². The lowest BCUT2D eigenvalue weighted by Crippen LogP contribution is -2.36. The number of urea groups is 1. The predicted octanol–water partition coefficient (Wildman–Crippen LogP) is 0.609. The van der Waals surface area contributed by atoms with Gasteiger partial charge in [0.05, 0.1) is 98.0 Å². The van der Waals surface area contributed by atoms with Gasteiger partial charge in [-0.25, -0.2) is 4.79 Å². The topological polar surface area (TPSA) is 189 Å². The van der Waals surface area contributed by atoms with Crippen molar-refractivity contribution in [3.8, 4) is 0 Å². The number of nitrogens with zero attached hydrogens (tertiary/aromatic N) is 1. The molecule has 0 aromatic carbocycles. The normalized spacial score (nSPS) is 19.5. The van der Waals surface area contributed by atoms with E-state index in [-0.39, 0.29) is 42.8 Å². The lowest BCUT2D eigenvalue weighted by Gasteiger charge is -2.16. The Labute approximate surface area is 304 Å². The second-order valence-corrected chi connectivity index (χ2v) is 13.3. The fraction of sp³-hybridized carbons (Fsp3) is 0.794. The molecule has 16 nitrogen and oxygen atoms in total. The number of imide groups is 1. The average molecular weight is 745 g/mol. The van der Waals surface area contributed by atoms with E-state index < -0.39 is 11.8 Å². The minimum atomic E-state index is -0.399. The number of nitrogens with one attached hydrogen (secondary N) is 3. The minimum Gasteiger partial charge on any atom is -0.379 e. The molecule has 0 bridgehead atoms. The number of Topliss-reactive ketones (excluding diaryl/α,β-unsaturated/α-hetero) is 1. The molecule has 3 aliphatic rings. The Bertz CT molecular complexity index is 1070. The van der Waals surface area contributed by atoms with Crippen molar-refractivity contribution in [1.82, 2.24) is 20.9 Å².